The molecule has 6 nitrogen and oxygen atoms in total. The van der Waals surface area contributed by atoms with Crippen LogP contribution in [0, 0.1) is 6.92 Å². The van der Waals surface area contributed by atoms with E-state index >= 15 is 0 Å². The van der Waals surface area contributed by atoms with Gasteiger partial charge in [0.05, 0.1) is 6.61 Å². The summed E-state index contributed by atoms with van der Waals surface area (Å²) < 4.78 is 25.7. The van der Waals surface area contributed by atoms with E-state index in [-0.39, 0.29) is 52.7 Å². The van der Waals surface area contributed by atoms with Gasteiger partial charge in [0.1, 0.15) is 23.9 Å². The Kier molecular flexibility index (Phi) is 12.0. The first kappa shape index (κ1) is 41.7. The molecular weight excluding hydrogens is 667 g/mol. The summed E-state index contributed by atoms with van der Waals surface area (Å²) in [6.07, 6.45) is 1.42. The smallest absolute Gasteiger partial charge is 0.463 e. The Hall–Kier alpha value is -3.08. The number of phenols is 1. The molecule has 0 atom stereocenters. The first-order chi connectivity index (χ1) is 23.7. The normalized spacial score (nSPS) is 14.5. The fourth-order valence-corrected chi connectivity index (χ4v) is 7.51. The highest BCUT2D eigenvalue weighted by molar-refractivity contribution is 7.42. The Bertz CT molecular complexity index is 1690. The Morgan fingerprint density at radius 3 is 1.54 bits per heavy atom. The van der Waals surface area contributed by atoms with Crippen molar-refractivity contribution in [2.24, 2.45) is 0 Å². The van der Waals surface area contributed by atoms with Crippen LogP contribution in [0.5, 0.6) is 17.2 Å². The van der Waals surface area contributed by atoms with Gasteiger partial charge in [-0.1, -0.05) is 140 Å². The van der Waals surface area contributed by atoms with Gasteiger partial charge in [0, 0.05) is 24.0 Å². The van der Waals surface area contributed by atoms with Crippen molar-refractivity contribution in [1.82, 2.24) is 0 Å². The van der Waals surface area contributed by atoms with Crippen LogP contribution in [-0.2, 0) is 54.0 Å². The number of carbonyl (C=O) groups excluding carboxylic acids is 1. The number of aryl methyl sites for hydroxylation is 2. The lowest BCUT2D eigenvalue weighted by Crippen LogP contribution is -2.22. The molecule has 0 spiro atoms. The first-order valence-electron chi connectivity index (χ1n) is 18.8. The summed E-state index contributed by atoms with van der Waals surface area (Å²) in [6.45, 7) is 35.1. The zero-order valence-electron chi connectivity index (χ0n) is 34.9. The van der Waals surface area contributed by atoms with Crippen molar-refractivity contribution in [1.29, 1.82) is 0 Å². The average Bonchev–Trinajstić information content (AvgIpc) is 2.97. The van der Waals surface area contributed by atoms with Crippen LogP contribution in [0.2, 0.25) is 0 Å². The number of hydrogen-bond donors (Lipinski definition) is 1. The van der Waals surface area contributed by atoms with E-state index in [0.29, 0.717) is 18.6 Å². The molecule has 0 unspecified atom stereocenters. The monoisotopic (exact) mass is 732 g/mol. The molecule has 0 saturated carbocycles. The second kappa shape index (κ2) is 15.0. The van der Waals surface area contributed by atoms with Crippen molar-refractivity contribution in [2.45, 2.75) is 157 Å². The number of ether oxygens (including phenoxy) is 1. The summed E-state index contributed by atoms with van der Waals surface area (Å²) in [6, 6.07) is 13.1. The summed E-state index contributed by atoms with van der Waals surface area (Å²) in [5.41, 5.74) is 8.97. The van der Waals surface area contributed by atoms with Crippen LogP contribution in [0.15, 0.2) is 36.4 Å². The van der Waals surface area contributed by atoms with E-state index in [1.807, 2.05) is 19.1 Å². The van der Waals surface area contributed by atoms with Crippen molar-refractivity contribution >= 4 is 14.6 Å². The van der Waals surface area contributed by atoms with E-state index in [2.05, 4.69) is 128 Å². The molecule has 3 aromatic carbocycles. The topological polar surface area (TPSA) is 74.2 Å². The summed E-state index contributed by atoms with van der Waals surface area (Å²) in [5.74, 6) is 1.64. The molecule has 0 aromatic heterocycles. The summed E-state index contributed by atoms with van der Waals surface area (Å²) in [7, 11) is -1.90. The maximum absolute atomic E-state index is 12.9. The summed E-state index contributed by atoms with van der Waals surface area (Å²) in [5, 5.41) is 10.6. The number of hydrogen-bond acceptors (Lipinski definition) is 6. The van der Waals surface area contributed by atoms with E-state index in [1.165, 1.54) is 11.1 Å². The van der Waals surface area contributed by atoms with Crippen molar-refractivity contribution in [3.8, 4) is 17.2 Å². The van der Waals surface area contributed by atoms with Crippen LogP contribution in [0.4, 0.5) is 0 Å². The van der Waals surface area contributed by atoms with Gasteiger partial charge in [-0.3, -0.25) is 9.32 Å². The molecule has 4 rings (SSSR count). The Balaban J connectivity index is 1.64. The molecule has 1 aliphatic rings. The van der Waals surface area contributed by atoms with Crippen LogP contribution < -0.4 is 9.05 Å². The number of carbonyl (C=O) groups is 1. The lowest BCUT2D eigenvalue weighted by molar-refractivity contribution is -0.144. The van der Waals surface area contributed by atoms with E-state index in [1.54, 1.807) is 0 Å². The van der Waals surface area contributed by atoms with E-state index in [4.69, 9.17) is 18.3 Å². The standard InChI is InChI=1S/C45H65O6P/c1-28-21-29(22-34(38(28)47)43(8,9)10)17-18-37(46)48-19-20-49-52-50-39-30(24-32(41(2,3)4)26-35(39)44(11,12)13)23-31-25-33(42(5,6)7)27-36(40(31)51-52)45(14,15)16/h21-22,24-27,47H,17-20,23H2,1-16H3. The molecule has 3 aromatic rings. The Morgan fingerprint density at radius 1 is 0.654 bits per heavy atom. The van der Waals surface area contributed by atoms with Gasteiger partial charge in [-0.15, -0.1) is 0 Å². The Labute approximate surface area is 316 Å². The van der Waals surface area contributed by atoms with Gasteiger partial charge in [0.25, 0.3) is 0 Å². The number of esters is 1. The number of rotatable bonds is 7. The van der Waals surface area contributed by atoms with Gasteiger partial charge in [0.15, 0.2) is 0 Å². The number of phenolic OH excluding ortho intramolecular Hbond substituents is 1. The minimum Gasteiger partial charge on any atom is -0.507 e. The van der Waals surface area contributed by atoms with Gasteiger partial charge in [-0.05, 0) is 79.4 Å². The molecule has 0 fully saturated rings. The maximum Gasteiger partial charge on any atom is 0.463 e. The maximum atomic E-state index is 12.9. The summed E-state index contributed by atoms with van der Waals surface area (Å²) >= 11 is 0. The third-order valence-electron chi connectivity index (χ3n) is 9.72. The molecule has 0 saturated heterocycles. The number of fused-ring (bicyclic) bond motifs is 2. The number of aromatic hydroxyl groups is 1. The molecule has 52 heavy (non-hydrogen) atoms. The molecule has 1 heterocycles. The van der Waals surface area contributed by atoms with E-state index in [0.717, 1.165) is 50.4 Å². The largest absolute Gasteiger partial charge is 0.507 e. The van der Waals surface area contributed by atoms with Gasteiger partial charge < -0.3 is 18.9 Å². The van der Waals surface area contributed by atoms with Crippen molar-refractivity contribution in [3.05, 3.63) is 86.5 Å². The van der Waals surface area contributed by atoms with Gasteiger partial charge in [0.2, 0.25) is 0 Å². The van der Waals surface area contributed by atoms with Gasteiger partial charge >= 0.3 is 14.6 Å². The molecule has 0 amide bonds. The molecule has 0 bridgehead atoms. The fourth-order valence-electron chi connectivity index (χ4n) is 6.42. The van der Waals surface area contributed by atoms with E-state index < -0.39 is 8.60 Å². The third kappa shape index (κ3) is 10.1. The second-order valence-electron chi connectivity index (χ2n) is 19.7. The van der Waals surface area contributed by atoms with Crippen LogP contribution in [0.1, 0.15) is 160 Å². The van der Waals surface area contributed by atoms with E-state index in [9.17, 15) is 9.90 Å². The first-order valence-corrected chi connectivity index (χ1v) is 19.9. The van der Waals surface area contributed by atoms with Crippen LogP contribution in [-0.4, -0.2) is 24.3 Å². The predicted octanol–water partition coefficient (Wildman–Crippen LogP) is 12.0. The van der Waals surface area contributed by atoms with Crippen LogP contribution in [0.25, 0.3) is 0 Å². The highest BCUT2D eigenvalue weighted by Crippen LogP contribution is 2.53. The molecule has 0 aliphatic carbocycles. The zero-order chi connectivity index (χ0) is 39.2. The Morgan fingerprint density at radius 2 is 1.12 bits per heavy atom. The van der Waals surface area contributed by atoms with Gasteiger partial charge in [-0.2, -0.15) is 0 Å². The second-order valence-corrected chi connectivity index (χ2v) is 20.8. The summed E-state index contributed by atoms with van der Waals surface area (Å²) in [4.78, 5) is 12.9. The van der Waals surface area contributed by atoms with Crippen LogP contribution in [0.3, 0.4) is 0 Å². The zero-order valence-corrected chi connectivity index (χ0v) is 35.8. The molecule has 7 heteroatoms. The predicted molar refractivity (Wildman–Crippen MR) is 215 cm³/mol. The molecular formula is C45H65O6P. The average molecular weight is 733 g/mol. The number of benzene rings is 3. The third-order valence-corrected chi connectivity index (χ3v) is 10.8. The minimum atomic E-state index is -1.90. The van der Waals surface area contributed by atoms with Gasteiger partial charge in [-0.25, -0.2) is 0 Å². The SMILES string of the molecule is Cc1cc(CCC(=O)OCCOP2Oc3c(cc(C(C)(C)C)cc3C(C)(C)C)Cc3cc(C(C)(C)C)cc(C(C)(C)C)c3O2)cc(C(C)(C)C)c1O. The van der Waals surface area contributed by atoms with Crippen molar-refractivity contribution in [3.63, 3.8) is 0 Å². The molecule has 0 radical (unpaired) electrons. The molecule has 1 N–H and O–H groups in total. The highest BCUT2D eigenvalue weighted by Gasteiger charge is 2.35. The lowest BCUT2D eigenvalue weighted by atomic mass is 9.76. The van der Waals surface area contributed by atoms with Crippen molar-refractivity contribution in [2.75, 3.05) is 13.2 Å². The molecule has 286 valence electrons. The van der Waals surface area contributed by atoms with Crippen molar-refractivity contribution < 1.29 is 28.2 Å². The molecule has 1 aliphatic heterocycles. The minimum absolute atomic E-state index is 0.0539. The fraction of sp³-hybridized carbons (Fsp3) is 0.578. The quantitative estimate of drug-likeness (QED) is 0.148. The van der Waals surface area contributed by atoms with Crippen LogP contribution >= 0.6 is 8.60 Å². The lowest BCUT2D eigenvalue weighted by Gasteiger charge is -2.34. The highest BCUT2D eigenvalue weighted by atomic mass is 31.2.